The molecule has 7 N–H and O–H groups in total. The second kappa shape index (κ2) is 41.2. The summed E-state index contributed by atoms with van der Waals surface area (Å²) in [6, 6.07) is 0. The molecule has 2 heterocycles. The van der Waals surface area contributed by atoms with Gasteiger partial charge in [0.2, 0.25) is 0 Å². The van der Waals surface area contributed by atoms with Crippen LogP contribution in [-0.4, -0.2) is 142 Å². The van der Waals surface area contributed by atoms with E-state index in [2.05, 4.69) is 98.9 Å². The molecule has 15 nitrogen and oxygen atoms in total. The fourth-order valence-corrected chi connectivity index (χ4v) is 7.63. The van der Waals surface area contributed by atoms with Crippen LogP contribution in [0.15, 0.2) is 85.1 Å². The van der Waals surface area contributed by atoms with Crippen molar-refractivity contribution in [3.05, 3.63) is 85.1 Å². The largest absolute Gasteiger partial charge is 0.462 e. The summed E-state index contributed by atoms with van der Waals surface area (Å²) in [7, 11) is 0. The number of ether oxygens (including phenoxy) is 6. The van der Waals surface area contributed by atoms with Crippen LogP contribution in [0.4, 0.5) is 0 Å². The molecule has 0 bridgehead atoms. The van der Waals surface area contributed by atoms with Crippen molar-refractivity contribution >= 4 is 11.9 Å². The number of aliphatic hydroxyl groups excluding tert-OH is 7. The Kier molecular flexibility index (Phi) is 36.9. The third kappa shape index (κ3) is 28.7. The number of carbonyl (C=O) groups excluding carboxylic acids is 2. The minimum Gasteiger partial charge on any atom is -0.462 e. The maximum Gasteiger partial charge on any atom is 0.306 e. The molecule has 2 fully saturated rings. The maximum absolute atomic E-state index is 13.0. The summed E-state index contributed by atoms with van der Waals surface area (Å²) in [5, 5.41) is 72.1. The molecule has 2 saturated heterocycles. The van der Waals surface area contributed by atoms with E-state index in [1.54, 1.807) is 0 Å². The van der Waals surface area contributed by atoms with Gasteiger partial charge in [-0.1, -0.05) is 144 Å². The highest BCUT2D eigenvalue weighted by Crippen LogP contribution is 2.26. The maximum atomic E-state index is 13.0. The van der Waals surface area contributed by atoms with Crippen LogP contribution in [-0.2, 0) is 38.0 Å². The molecule has 0 aromatic rings. The Balaban J connectivity index is 1.81. The summed E-state index contributed by atoms with van der Waals surface area (Å²) in [5.41, 5.74) is 0. The molecular weight excluding hydrogens is 901 g/mol. The predicted octanol–water partition coefficient (Wildman–Crippen LogP) is 7.60. The number of rotatable bonds is 39. The van der Waals surface area contributed by atoms with Gasteiger partial charge in [0, 0.05) is 12.8 Å². The van der Waals surface area contributed by atoms with Crippen molar-refractivity contribution in [3.63, 3.8) is 0 Å². The number of aliphatic hydroxyl groups is 7. The van der Waals surface area contributed by atoms with Gasteiger partial charge in [-0.2, -0.15) is 0 Å². The summed E-state index contributed by atoms with van der Waals surface area (Å²) in [6.07, 6.45) is 33.2. The number of esters is 2. The zero-order valence-corrected chi connectivity index (χ0v) is 42.2. The second-order valence-corrected chi connectivity index (χ2v) is 17.9. The number of carbonyl (C=O) groups is 2. The van der Waals surface area contributed by atoms with Crippen molar-refractivity contribution in [2.45, 2.75) is 223 Å². The van der Waals surface area contributed by atoms with Crippen LogP contribution in [0.5, 0.6) is 0 Å². The van der Waals surface area contributed by atoms with Crippen LogP contribution >= 0.6 is 0 Å². The summed E-state index contributed by atoms with van der Waals surface area (Å²) in [5.74, 6) is -0.969. The molecule has 0 amide bonds. The van der Waals surface area contributed by atoms with Gasteiger partial charge in [-0.3, -0.25) is 9.59 Å². The highest BCUT2D eigenvalue weighted by molar-refractivity contribution is 5.70. The van der Waals surface area contributed by atoms with E-state index in [0.29, 0.717) is 12.8 Å². The normalized spacial score (nSPS) is 26.1. The van der Waals surface area contributed by atoms with E-state index in [4.69, 9.17) is 28.4 Å². The fraction of sp³-hybridized carbons (Fsp3) is 0.709. The minimum absolute atomic E-state index is 0.140. The first-order chi connectivity index (χ1) is 34.0. The Labute approximate surface area is 418 Å². The van der Waals surface area contributed by atoms with Gasteiger partial charge < -0.3 is 64.2 Å². The lowest BCUT2D eigenvalue weighted by molar-refractivity contribution is -0.332. The zero-order chi connectivity index (χ0) is 51.0. The van der Waals surface area contributed by atoms with Crippen LogP contribution in [0.1, 0.15) is 155 Å². The van der Waals surface area contributed by atoms with Crippen molar-refractivity contribution in [3.8, 4) is 0 Å². The second-order valence-electron chi connectivity index (χ2n) is 17.9. The number of allylic oxidation sites excluding steroid dienone is 14. The Morgan fingerprint density at radius 3 is 1.34 bits per heavy atom. The molecule has 0 radical (unpaired) electrons. The van der Waals surface area contributed by atoms with Crippen LogP contribution in [0.2, 0.25) is 0 Å². The molecule has 0 spiro atoms. The quantitative estimate of drug-likeness (QED) is 0.0179. The Morgan fingerprint density at radius 1 is 0.457 bits per heavy atom. The lowest BCUT2D eigenvalue weighted by atomic mass is 9.98. The van der Waals surface area contributed by atoms with Gasteiger partial charge in [0.15, 0.2) is 18.7 Å². The average Bonchev–Trinajstić information content (AvgIpc) is 3.35. The van der Waals surface area contributed by atoms with Crippen molar-refractivity contribution in [2.75, 3.05) is 26.4 Å². The first-order valence-electron chi connectivity index (χ1n) is 26.2. The van der Waals surface area contributed by atoms with Crippen molar-refractivity contribution in [1.29, 1.82) is 0 Å². The van der Waals surface area contributed by atoms with Crippen LogP contribution in [0.25, 0.3) is 0 Å². The van der Waals surface area contributed by atoms with Gasteiger partial charge in [0.25, 0.3) is 0 Å². The molecule has 70 heavy (non-hydrogen) atoms. The Morgan fingerprint density at radius 2 is 0.857 bits per heavy atom. The first-order valence-corrected chi connectivity index (χ1v) is 26.2. The van der Waals surface area contributed by atoms with E-state index in [0.717, 1.165) is 116 Å². The van der Waals surface area contributed by atoms with E-state index in [9.17, 15) is 45.3 Å². The van der Waals surface area contributed by atoms with Crippen LogP contribution < -0.4 is 0 Å². The van der Waals surface area contributed by atoms with E-state index in [1.165, 1.54) is 0 Å². The molecule has 2 rings (SSSR count). The molecule has 0 aromatic heterocycles. The van der Waals surface area contributed by atoms with E-state index >= 15 is 0 Å². The monoisotopic (exact) mass is 991 g/mol. The van der Waals surface area contributed by atoms with Gasteiger partial charge in [0.05, 0.1) is 19.8 Å². The lowest BCUT2D eigenvalue weighted by Crippen LogP contribution is -2.61. The summed E-state index contributed by atoms with van der Waals surface area (Å²) in [4.78, 5) is 25.8. The smallest absolute Gasteiger partial charge is 0.306 e. The highest BCUT2D eigenvalue weighted by atomic mass is 16.7. The molecule has 2 aliphatic rings. The number of unbranched alkanes of at least 4 members (excludes halogenated alkanes) is 11. The van der Waals surface area contributed by atoms with Crippen LogP contribution in [0.3, 0.4) is 0 Å². The molecule has 11 unspecified atom stereocenters. The minimum atomic E-state index is -1.78. The third-order valence-corrected chi connectivity index (χ3v) is 11.9. The molecule has 2 aliphatic heterocycles. The van der Waals surface area contributed by atoms with E-state index < -0.39 is 99.3 Å². The Hall–Kier alpha value is -3.32. The lowest BCUT2D eigenvalue weighted by Gasteiger charge is -2.42. The van der Waals surface area contributed by atoms with Crippen molar-refractivity contribution < 1.29 is 73.8 Å². The van der Waals surface area contributed by atoms with Crippen molar-refractivity contribution in [1.82, 2.24) is 0 Å². The van der Waals surface area contributed by atoms with Crippen LogP contribution in [0, 0.1) is 0 Å². The summed E-state index contributed by atoms with van der Waals surface area (Å²) < 4.78 is 33.6. The molecule has 0 aliphatic carbocycles. The van der Waals surface area contributed by atoms with Gasteiger partial charge in [-0.05, 0) is 83.5 Å². The van der Waals surface area contributed by atoms with Gasteiger partial charge >= 0.3 is 11.9 Å². The van der Waals surface area contributed by atoms with Gasteiger partial charge in [0.1, 0.15) is 55.4 Å². The van der Waals surface area contributed by atoms with E-state index in [1.807, 2.05) is 0 Å². The molecule has 15 heteroatoms. The number of hydrogen-bond donors (Lipinski definition) is 7. The zero-order valence-electron chi connectivity index (χ0n) is 42.2. The summed E-state index contributed by atoms with van der Waals surface area (Å²) >= 11 is 0. The van der Waals surface area contributed by atoms with E-state index in [-0.39, 0.29) is 19.4 Å². The molecule has 0 aromatic carbocycles. The highest BCUT2D eigenvalue weighted by Gasteiger charge is 2.47. The topological polar surface area (TPSA) is 231 Å². The standard InChI is InChI=1S/C55H90O15/c1-3-5-7-9-11-13-15-17-19-20-21-22-24-26-28-30-32-34-36-38-47(58)68-43(40-65-46(57)37-35-33-31-29-27-25-23-18-16-14-12-10-8-6-4-2)41-66-54-53(64)51(62)49(60)45(70-54)42-67-55-52(63)50(61)48(59)44(39-56)69-55/h5-8,11-14,17-19,21-23,43-45,48-56,59-64H,3-4,9-10,15-16,20,24-42H2,1-2H3/b7-5-,8-6-,13-11-,14-12-,19-17-,22-21-,23-18-. The number of hydrogen-bond acceptors (Lipinski definition) is 15. The molecule has 11 atom stereocenters. The molecule has 400 valence electrons. The first kappa shape index (κ1) is 62.8. The fourth-order valence-electron chi connectivity index (χ4n) is 7.63. The molecule has 0 saturated carbocycles. The van der Waals surface area contributed by atoms with Gasteiger partial charge in [-0.15, -0.1) is 0 Å². The van der Waals surface area contributed by atoms with Gasteiger partial charge in [-0.25, -0.2) is 0 Å². The Bertz CT molecular complexity index is 1540. The van der Waals surface area contributed by atoms with Crippen molar-refractivity contribution in [2.24, 2.45) is 0 Å². The summed E-state index contributed by atoms with van der Waals surface area (Å²) in [6.45, 7) is 2.31. The molecular formula is C55H90O15. The third-order valence-electron chi connectivity index (χ3n) is 11.9. The average molecular weight is 991 g/mol. The SMILES string of the molecule is CC/C=C\C/C=C\C/C=C\C/C=C\CCCCCCCCC(=O)OC(COC(=O)CCCCCCC/C=C\C/C=C\C/C=C\CC)COC1OC(COC2OC(CO)C(O)C(O)C2O)C(O)C(O)C1O. The predicted molar refractivity (Wildman–Crippen MR) is 270 cm³/mol.